The molecule has 1 N–H and O–H groups in total. The van der Waals surface area contributed by atoms with Crippen LogP contribution in [0.25, 0.3) is 0 Å². The molecule has 1 heterocycles. The molecule has 0 saturated carbocycles. The number of likely N-dealkylation sites (tertiary alicyclic amines) is 1. The van der Waals surface area contributed by atoms with Crippen LogP contribution in [0.1, 0.15) is 19.3 Å². The normalized spacial score (nSPS) is 20.0. The van der Waals surface area contributed by atoms with Crippen LogP contribution < -0.4 is 0 Å². The summed E-state index contributed by atoms with van der Waals surface area (Å²) in [6, 6.07) is -0.762. The molecule has 0 bridgehead atoms. The van der Waals surface area contributed by atoms with E-state index in [1.54, 1.807) is 14.1 Å². The van der Waals surface area contributed by atoms with E-state index in [1.165, 1.54) is 9.80 Å². The fraction of sp³-hybridized carbons (Fsp3) is 0.700. The first-order valence-electron chi connectivity index (χ1n) is 5.16. The molecular weight excluding hydrogens is 212 g/mol. The van der Waals surface area contributed by atoms with Crippen LogP contribution in [0.15, 0.2) is 0 Å². The molecule has 1 aliphatic rings. The second-order valence-electron chi connectivity index (χ2n) is 4.02. The zero-order valence-corrected chi connectivity index (χ0v) is 9.47. The van der Waals surface area contributed by atoms with E-state index in [9.17, 15) is 14.4 Å². The van der Waals surface area contributed by atoms with Crippen LogP contribution in [-0.4, -0.2) is 59.4 Å². The Balaban J connectivity index is 2.54. The van der Waals surface area contributed by atoms with Gasteiger partial charge in [0.2, 0.25) is 11.8 Å². The van der Waals surface area contributed by atoms with Gasteiger partial charge in [0.25, 0.3) is 0 Å². The van der Waals surface area contributed by atoms with Crippen molar-refractivity contribution >= 4 is 17.8 Å². The summed E-state index contributed by atoms with van der Waals surface area (Å²) in [7, 11) is 3.26. The molecule has 0 spiro atoms. The van der Waals surface area contributed by atoms with Crippen molar-refractivity contribution in [2.75, 3.05) is 20.6 Å². The van der Waals surface area contributed by atoms with Gasteiger partial charge in [-0.2, -0.15) is 0 Å². The third-order valence-electron chi connectivity index (χ3n) is 2.68. The maximum absolute atomic E-state index is 11.4. The lowest BCUT2D eigenvalue weighted by Crippen LogP contribution is -2.40. The molecular formula is C10H16N2O4. The first-order chi connectivity index (χ1) is 7.43. The second-order valence-corrected chi connectivity index (χ2v) is 4.02. The molecule has 0 aromatic rings. The summed E-state index contributed by atoms with van der Waals surface area (Å²) < 4.78 is 0. The lowest BCUT2D eigenvalue weighted by atomic mass is 10.2. The minimum absolute atomic E-state index is 0.108. The highest BCUT2D eigenvalue weighted by atomic mass is 16.4. The van der Waals surface area contributed by atoms with Gasteiger partial charge in [0.05, 0.1) is 0 Å². The van der Waals surface area contributed by atoms with Gasteiger partial charge >= 0.3 is 5.97 Å². The molecule has 16 heavy (non-hydrogen) atoms. The maximum Gasteiger partial charge on any atom is 0.326 e. The monoisotopic (exact) mass is 228 g/mol. The molecule has 1 rings (SSSR count). The first kappa shape index (κ1) is 12.5. The maximum atomic E-state index is 11.4. The fourth-order valence-corrected chi connectivity index (χ4v) is 1.71. The summed E-state index contributed by atoms with van der Waals surface area (Å²) in [5.74, 6) is -1.29. The number of hydrogen-bond donors (Lipinski definition) is 1. The Kier molecular flexibility index (Phi) is 3.87. The molecule has 0 aromatic carbocycles. The zero-order chi connectivity index (χ0) is 12.3. The predicted octanol–water partition coefficient (Wildman–Crippen LogP) is -0.460. The molecule has 1 fully saturated rings. The summed E-state index contributed by atoms with van der Waals surface area (Å²) in [4.78, 5) is 36.3. The van der Waals surface area contributed by atoms with Gasteiger partial charge in [-0.05, 0) is 6.42 Å². The van der Waals surface area contributed by atoms with Gasteiger partial charge in [0.15, 0.2) is 0 Å². The fourth-order valence-electron chi connectivity index (χ4n) is 1.71. The van der Waals surface area contributed by atoms with E-state index in [0.717, 1.165) is 0 Å². The quantitative estimate of drug-likeness (QED) is 0.706. The molecule has 1 atom stereocenters. The van der Waals surface area contributed by atoms with E-state index in [4.69, 9.17) is 5.11 Å². The number of carboxylic acids is 1. The summed E-state index contributed by atoms with van der Waals surface area (Å²) in [5, 5.41) is 8.89. The topological polar surface area (TPSA) is 77.9 Å². The van der Waals surface area contributed by atoms with E-state index < -0.39 is 12.0 Å². The third-order valence-corrected chi connectivity index (χ3v) is 2.68. The molecule has 1 unspecified atom stereocenters. The van der Waals surface area contributed by atoms with Crippen molar-refractivity contribution in [3.8, 4) is 0 Å². The molecule has 90 valence electrons. The number of aliphatic carboxylic acids is 1. The molecule has 1 aliphatic heterocycles. The Hall–Kier alpha value is -1.59. The number of carbonyl (C=O) groups is 3. The van der Waals surface area contributed by atoms with Crippen LogP contribution in [0.5, 0.6) is 0 Å². The summed E-state index contributed by atoms with van der Waals surface area (Å²) in [6.45, 7) is 0.187. The molecule has 6 heteroatoms. The van der Waals surface area contributed by atoms with Crippen molar-refractivity contribution in [3.05, 3.63) is 0 Å². The number of nitrogens with zero attached hydrogens (tertiary/aromatic N) is 2. The highest BCUT2D eigenvalue weighted by molar-refractivity contribution is 5.87. The molecule has 6 nitrogen and oxygen atoms in total. The number of rotatable bonds is 4. The first-order valence-corrected chi connectivity index (χ1v) is 5.16. The molecule has 2 amide bonds. The predicted molar refractivity (Wildman–Crippen MR) is 55.7 cm³/mol. The Labute approximate surface area is 93.8 Å². The largest absolute Gasteiger partial charge is 0.480 e. The van der Waals surface area contributed by atoms with Gasteiger partial charge in [-0.25, -0.2) is 4.79 Å². The van der Waals surface area contributed by atoms with Crippen LogP contribution >= 0.6 is 0 Å². The zero-order valence-electron chi connectivity index (χ0n) is 9.47. The number of amides is 2. The minimum atomic E-state index is -0.997. The van der Waals surface area contributed by atoms with E-state index in [-0.39, 0.29) is 31.2 Å². The molecule has 0 aliphatic carbocycles. The van der Waals surface area contributed by atoms with Gasteiger partial charge in [0.1, 0.15) is 6.04 Å². The number of carbonyl (C=O) groups excluding carboxylic acids is 2. The van der Waals surface area contributed by atoms with Gasteiger partial charge in [-0.3, -0.25) is 9.59 Å². The van der Waals surface area contributed by atoms with Crippen LogP contribution in [0.4, 0.5) is 0 Å². The van der Waals surface area contributed by atoms with Crippen LogP contribution in [0.3, 0.4) is 0 Å². The Morgan fingerprint density at radius 2 is 2.12 bits per heavy atom. The SMILES string of the molecule is CN(C)C(=O)CCN1C(=O)CCC1C(=O)O. The molecule has 1 saturated heterocycles. The average Bonchev–Trinajstić information content (AvgIpc) is 2.56. The van der Waals surface area contributed by atoms with E-state index in [0.29, 0.717) is 6.42 Å². The minimum Gasteiger partial charge on any atom is -0.480 e. The van der Waals surface area contributed by atoms with Crippen molar-refractivity contribution in [1.29, 1.82) is 0 Å². The van der Waals surface area contributed by atoms with Gasteiger partial charge in [0, 0.05) is 33.5 Å². The van der Waals surface area contributed by atoms with Crippen molar-refractivity contribution in [2.24, 2.45) is 0 Å². The lowest BCUT2D eigenvalue weighted by molar-refractivity contribution is -0.146. The Bertz CT molecular complexity index is 314. The van der Waals surface area contributed by atoms with Crippen molar-refractivity contribution in [1.82, 2.24) is 9.80 Å². The molecule has 0 radical (unpaired) electrons. The highest BCUT2D eigenvalue weighted by Crippen LogP contribution is 2.19. The average molecular weight is 228 g/mol. The van der Waals surface area contributed by atoms with Gasteiger partial charge in [-0.1, -0.05) is 0 Å². The van der Waals surface area contributed by atoms with Crippen LogP contribution in [0, 0.1) is 0 Å². The Morgan fingerprint density at radius 3 is 2.62 bits per heavy atom. The van der Waals surface area contributed by atoms with Crippen molar-refractivity contribution < 1.29 is 19.5 Å². The van der Waals surface area contributed by atoms with Gasteiger partial charge < -0.3 is 14.9 Å². The summed E-state index contributed by atoms with van der Waals surface area (Å²) in [5.41, 5.74) is 0. The number of carboxylic acid groups (broad SMARTS) is 1. The second kappa shape index (κ2) is 4.96. The Morgan fingerprint density at radius 1 is 1.50 bits per heavy atom. The van der Waals surface area contributed by atoms with Gasteiger partial charge in [-0.15, -0.1) is 0 Å². The highest BCUT2D eigenvalue weighted by Gasteiger charge is 2.35. The lowest BCUT2D eigenvalue weighted by Gasteiger charge is -2.22. The van der Waals surface area contributed by atoms with E-state index in [2.05, 4.69) is 0 Å². The molecule has 0 aromatic heterocycles. The third kappa shape index (κ3) is 2.71. The van der Waals surface area contributed by atoms with Crippen molar-refractivity contribution in [3.63, 3.8) is 0 Å². The van der Waals surface area contributed by atoms with Crippen LogP contribution in [0.2, 0.25) is 0 Å². The van der Waals surface area contributed by atoms with E-state index >= 15 is 0 Å². The smallest absolute Gasteiger partial charge is 0.326 e. The van der Waals surface area contributed by atoms with Crippen molar-refractivity contribution in [2.45, 2.75) is 25.3 Å². The van der Waals surface area contributed by atoms with Crippen LogP contribution in [-0.2, 0) is 14.4 Å². The number of hydrogen-bond acceptors (Lipinski definition) is 3. The summed E-state index contributed by atoms with van der Waals surface area (Å²) >= 11 is 0. The standard InChI is InChI=1S/C10H16N2O4/c1-11(2)8(13)5-6-12-7(10(15)16)3-4-9(12)14/h7H,3-6H2,1-2H3,(H,15,16). The van der Waals surface area contributed by atoms with E-state index in [1.807, 2.05) is 0 Å². The summed E-state index contributed by atoms with van der Waals surface area (Å²) in [6.07, 6.45) is 0.764.